The van der Waals surface area contributed by atoms with Gasteiger partial charge in [0, 0.05) is 19.3 Å². The van der Waals surface area contributed by atoms with Gasteiger partial charge in [0.15, 0.2) is 6.61 Å². The van der Waals surface area contributed by atoms with Crippen molar-refractivity contribution in [1.29, 1.82) is 0 Å². The average Bonchev–Trinajstić information content (AvgIpc) is 2.91. The van der Waals surface area contributed by atoms with E-state index >= 15 is 0 Å². The fourth-order valence-electron chi connectivity index (χ4n) is 2.59. The molecule has 0 aromatic heterocycles. The Morgan fingerprint density at radius 1 is 1.50 bits per heavy atom. The number of fused-ring (bicyclic) bond motifs is 1. The van der Waals surface area contributed by atoms with Gasteiger partial charge in [0.1, 0.15) is 5.75 Å². The number of benzene rings is 1. The number of nitrogens with one attached hydrogen (secondary N) is 2. The van der Waals surface area contributed by atoms with Crippen molar-refractivity contribution in [1.82, 2.24) is 5.32 Å². The predicted molar refractivity (Wildman–Crippen MR) is 70.2 cm³/mol. The van der Waals surface area contributed by atoms with Crippen molar-refractivity contribution in [3.63, 3.8) is 0 Å². The molecule has 0 bridgehead atoms. The third kappa shape index (κ3) is 1.80. The second-order valence-electron chi connectivity index (χ2n) is 4.63. The Morgan fingerprint density at radius 3 is 3.11 bits per heavy atom. The SMILES string of the molecule is CNc1ccc2c(c1)N(C1CCNC1)C(=O)CO2. The van der Waals surface area contributed by atoms with E-state index in [4.69, 9.17) is 4.74 Å². The van der Waals surface area contributed by atoms with Gasteiger partial charge in [-0.1, -0.05) is 0 Å². The summed E-state index contributed by atoms with van der Waals surface area (Å²) in [6.45, 7) is 1.97. The summed E-state index contributed by atoms with van der Waals surface area (Å²) in [6, 6.07) is 6.10. The van der Waals surface area contributed by atoms with Crippen LogP contribution in [0.1, 0.15) is 6.42 Å². The smallest absolute Gasteiger partial charge is 0.265 e. The van der Waals surface area contributed by atoms with Gasteiger partial charge in [0.2, 0.25) is 0 Å². The van der Waals surface area contributed by atoms with E-state index < -0.39 is 0 Å². The van der Waals surface area contributed by atoms with Crippen LogP contribution in [0.5, 0.6) is 5.75 Å². The van der Waals surface area contributed by atoms with E-state index in [2.05, 4.69) is 10.6 Å². The summed E-state index contributed by atoms with van der Waals surface area (Å²) >= 11 is 0. The predicted octanol–water partition coefficient (Wildman–Crippen LogP) is 0.816. The molecule has 2 aliphatic rings. The van der Waals surface area contributed by atoms with Gasteiger partial charge >= 0.3 is 0 Å². The number of rotatable bonds is 2. The Bertz CT molecular complexity index is 469. The first-order chi connectivity index (χ1) is 8.79. The molecule has 5 nitrogen and oxygen atoms in total. The van der Waals surface area contributed by atoms with Crippen LogP contribution in [-0.2, 0) is 4.79 Å². The molecule has 2 aliphatic heterocycles. The van der Waals surface area contributed by atoms with E-state index in [9.17, 15) is 4.79 Å². The van der Waals surface area contributed by atoms with Crippen LogP contribution in [0.25, 0.3) is 0 Å². The van der Waals surface area contributed by atoms with Crippen molar-refractivity contribution < 1.29 is 9.53 Å². The topological polar surface area (TPSA) is 53.6 Å². The highest BCUT2D eigenvalue weighted by Crippen LogP contribution is 2.36. The van der Waals surface area contributed by atoms with Gasteiger partial charge in [-0.3, -0.25) is 4.79 Å². The minimum absolute atomic E-state index is 0.0458. The Hall–Kier alpha value is -1.75. The number of hydrogen-bond donors (Lipinski definition) is 2. The summed E-state index contributed by atoms with van der Waals surface area (Å²) in [6.07, 6.45) is 0.995. The molecule has 2 N–H and O–H groups in total. The van der Waals surface area contributed by atoms with E-state index in [0.29, 0.717) is 0 Å². The van der Waals surface area contributed by atoms with Gasteiger partial charge in [0.05, 0.1) is 11.7 Å². The molecule has 1 aromatic carbocycles. The van der Waals surface area contributed by atoms with Crippen LogP contribution in [0.4, 0.5) is 11.4 Å². The lowest BCUT2D eigenvalue weighted by molar-refractivity contribution is -0.121. The summed E-state index contributed by atoms with van der Waals surface area (Å²) in [5.74, 6) is 0.838. The molecule has 1 saturated heterocycles. The zero-order valence-corrected chi connectivity index (χ0v) is 10.4. The second kappa shape index (κ2) is 4.49. The van der Waals surface area contributed by atoms with Crippen molar-refractivity contribution in [2.24, 2.45) is 0 Å². The van der Waals surface area contributed by atoms with Crippen LogP contribution in [0, 0.1) is 0 Å². The first-order valence-corrected chi connectivity index (χ1v) is 6.27. The van der Waals surface area contributed by atoms with Crippen LogP contribution in [0.3, 0.4) is 0 Å². The Morgan fingerprint density at radius 2 is 2.39 bits per heavy atom. The highest BCUT2D eigenvalue weighted by Gasteiger charge is 2.33. The molecule has 1 atom stereocenters. The molecule has 1 fully saturated rings. The van der Waals surface area contributed by atoms with Gasteiger partial charge in [-0.2, -0.15) is 0 Å². The maximum Gasteiger partial charge on any atom is 0.265 e. The lowest BCUT2D eigenvalue weighted by atomic mass is 10.1. The van der Waals surface area contributed by atoms with E-state index in [1.807, 2.05) is 30.1 Å². The first-order valence-electron chi connectivity index (χ1n) is 6.27. The zero-order chi connectivity index (χ0) is 12.5. The minimum atomic E-state index is 0.0458. The van der Waals surface area contributed by atoms with Crippen molar-refractivity contribution in [3.8, 4) is 5.75 Å². The highest BCUT2D eigenvalue weighted by atomic mass is 16.5. The van der Waals surface area contributed by atoms with Crippen LogP contribution in [0.2, 0.25) is 0 Å². The van der Waals surface area contributed by atoms with Gasteiger partial charge in [0.25, 0.3) is 5.91 Å². The number of carbonyl (C=O) groups is 1. The van der Waals surface area contributed by atoms with Crippen molar-refractivity contribution in [3.05, 3.63) is 18.2 Å². The molecule has 96 valence electrons. The molecule has 0 spiro atoms. The van der Waals surface area contributed by atoms with E-state index in [1.54, 1.807) is 0 Å². The van der Waals surface area contributed by atoms with Crippen molar-refractivity contribution in [2.75, 3.05) is 37.0 Å². The Kier molecular flexibility index (Phi) is 2.83. The monoisotopic (exact) mass is 247 g/mol. The summed E-state index contributed by atoms with van der Waals surface area (Å²) < 4.78 is 5.49. The number of carbonyl (C=O) groups excluding carboxylic acids is 1. The van der Waals surface area contributed by atoms with Crippen LogP contribution < -0.4 is 20.3 Å². The first kappa shape index (κ1) is 11.3. The van der Waals surface area contributed by atoms with Crippen LogP contribution in [0.15, 0.2) is 18.2 Å². The van der Waals surface area contributed by atoms with E-state index in [1.165, 1.54) is 0 Å². The third-order valence-corrected chi connectivity index (χ3v) is 3.53. The molecular weight excluding hydrogens is 230 g/mol. The fraction of sp³-hybridized carbons (Fsp3) is 0.462. The average molecular weight is 247 g/mol. The molecule has 1 amide bonds. The maximum absolute atomic E-state index is 12.1. The quantitative estimate of drug-likeness (QED) is 0.812. The summed E-state index contributed by atoms with van der Waals surface area (Å²) in [5, 5.41) is 6.39. The summed E-state index contributed by atoms with van der Waals surface area (Å²) in [7, 11) is 1.87. The summed E-state index contributed by atoms with van der Waals surface area (Å²) in [4.78, 5) is 14.0. The zero-order valence-electron chi connectivity index (χ0n) is 10.4. The van der Waals surface area contributed by atoms with Gasteiger partial charge < -0.3 is 20.3 Å². The third-order valence-electron chi connectivity index (χ3n) is 3.53. The lowest BCUT2D eigenvalue weighted by Crippen LogP contribution is -2.46. The van der Waals surface area contributed by atoms with Crippen LogP contribution >= 0.6 is 0 Å². The molecule has 1 aromatic rings. The molecule has 0 aliphatic carbocycles. The number of ether oxygens (including phenoxy) is 1. The Balaban J connectivity index is 2.00. The molecule has 2 heterocycles. The number of nitrogens with zero attached hydrogens (tertiary/aromatic N) is 1. The molecule has 18 heavy (non-hydrogen) atoms. The normalized spacial score (nSPS) is 22.6. The van der Waals surface area contributed by atoms with Crippen molar-refractivity contribution in [2.45, 2.75) is 12.5 Å². The molecule has 5 heteroatoms. The molecule has 3 rings (SSSR count). The highest BCUT2D eigenvalue weighted by molar-refractivity contribution is 5.99. The van der Waals surface area contributed by atoms with Crippen LogP contribution in [-0.4, -0.2) is 38.7 Å². The summed E-state index contributed by atoms with van der Waals surface area (Å²) in [5.41, 5.74) is 1.87. The molecular formula is C13H17N3O2. The lowest BCUT2D eigenvalue weighted by Gasteiger charge is -2.34. The standard InChI is InChI=1S/C13H17N3O2/c1-14-9-2-3-12-11(6-9)16(13(17)8-18-12)10-4-5-15-7-10/h2-3,6,10,14-15H,4-5,7-8H2,1H3. The van der Waals surface area contributed by atoms with E-state index in [0.717, 1.165) is 36.6 Å². The number of amides is 1. The van der Waals surface area contributed by atoms with E-state index in [-0.39, 0.29) is 18.6 Å². The number of hydrogen-bond acceptors (Lipinski definition) is 4. The molecule has 0 saturated carbocycles. The van der Waals surface area contributed by atoms with Crippen molar-refractivity contribution >= 4 is 17.3 Å². The van der Waals surface area contributed by atoms with Gasteiger partial charge in [-0.15, -0.1) is 0 Å². The number of anilines is 2. The minimum Gasteiger partial charge on any atom is -0.482 e. The fourth-order valence-corrected chi connectivity index (χ4v) is 2.59. The molecule has 0 radical (unpaired) electrons. The Labute approximate surface area is 106 Å². The largest absolute Gasteiger partial charge is 0.482 e. The van der Waals surface area contributed by atoms with Gasteiger partial charge in [-0.05, 0) is 31.2 Å². The molecule has 1 unspecified atom stereocenters. The van der Waals surface area contributed by atoms with Gasteiger partial charge in [-0.25, -0.2) is 0 Å². The second-order valence-corrected chi connectivity index (χ2v) is 4.63. The maximum atomic E-state index is 12.1.